The summed E-state index contributed by atoms with van der Waals surface area (Å²) in [6.07, 6.45) is 7.13. The third-order valence-corrected chi connectivity index (χ3v) is 5.51. The number of hydrogen-bond donors (Lipinski definition) is 1. The predicted molar refractivity (Wildman–Crippen MR) is 103 cm³/mol. The molecule has 29 heavy (non-hydrogen) atoms. The van der Waals surface area contributed by atoms with Gasteiger partial charge < -0.3 is 10.2 Å². The first-order valence-corrected chi connectivity index (χ1v) is 9.40. The van der Waals surface area contributed by atoms with E-state index >= 15 is 0 Å². The number of aryl methyl sites for hydroxylation is 1. The fourth-order valence-electron chi connectivity index (χ4n) is 4.00. The number of carbonyl (C=O) groups is 1. The van der Waals surface area contributed by atoms with Crippen molar-refractivity contribution in [3.8, 4) is 11.4 Å². The van der Waals surface area contributed by atoms with E-state index < -0.39 is 5.82 Å². The van der Waals surface area contributed by atoms with Crippen LogP contribution >= 0.6 is 0 Å². The standard InChI is InChI=1S/C20H18FN7O/c1-11-2-3-14(6-15(11)19-23-7-13(21)8-24-19)26-20(29)17-5-12-4-16(12)28(17)18-9-22-10-25-27-18/h2-3,6-10,12,16-17H,4-5H2,1H3,(H,26,29). The first kappa shape index (κ1) is 17.6. The quantitative estimate of drug-likeness (QED) is 0.729. The van der Waals surface area contributed by atoms with Gasteiger partial charge in [-0.15, -0.1) is 10.2 Å². The Morgan fingerprint density at radius 2 is 2.03 bits per heavy atom. The van der Waals surface area contributed by atoms with Crippen LogP contribution in [0.3, 0.4) is 0 Å². The van der Waals surface area contributed by atoms with Crippen molar-refractivity contribution in [3.63, 3.8) is 0 Å². The second-order valence-electron chi connectivity index (χ2n) is 7.43. The highest BCUT2D eigenvalue weighted by Gasteiger charge is 2.54. The van der Waals surface area contributed by atoms with Crippen LogP contribution in [0.1, 0.15) is 18.4 Å². The van der Waals surface area contributed by atoms with Crippen LogP contribution in [0.4, 0.5) is 15.9 Å². The molecule has 1 saturated carbocycles. The molecule has 1 saturated heterocycles. The molecule has 1 aromatic carbocycles. The van der Waals surface area contributed by atoms with Crippen LogP contribution in [0.5, 0.6) is 0 Å². The lowest BCUT2D eigenvalue weighted by molar-refractivity contribution is -0.117. The van der Waals surface area contributed by atoms with Gasteiger partial charge in [0.1, 0.15) is 12.4 Å². The Kier molecular flexibility index (Phi) is 4.15. The average Bonchev–Trinajstić information content (AvgIpc) is 3.40. The van der Waals surface area contributed by atoms with Gasteiger partial charge in [-0.3, -0.25) is 4.79 Å². The molecular formula is C20H18FN7O. The minimum Gasteiger partial charge on any atom is -0.339 e. The van der Waals surface area contributed by atoms with Crippen molar-refractivity contribution in [1.29, 1.82) is 0 Å². The Morgan fingerprint density at radius 1 is 1.21 bits per heavy atom. The van der Waals surface area contributed by atoms with Crippen LogP contribution in [0.25, 0.3) is 11.4 Å². The number of aromatic nitrogens is 5. The maximum atomic E-state index is 13.1. The normalized spacial score (nSPS) is 22.3. The molecule has 5 rings (SSSR count). The Balaban J connectivity index is 1.38. The van der Waals surface area contributed by atoms with E-state index in [9.17, 15) is 9.18 Å². The van der Waals surface area contributed by atoms with E-state index in [0.29, 0.717) is 29.3 Å². The van der Waals surface area contributed by atoms with Gasteiger partial charge in [0.25, 0.3) is 0 Å². The molecule has 2 aliphatic rings. The van der Waals surface area contributed by atoms with Gasteiger partial charge in [-0.1, -0.05) is 6.07 Å². The van der Waals surface area contributed by atoms with E-state index in [2.05, 4.69) is 30.5 Å². The zero-order valence-electron chi connectivity index (χ0n) is 15.7. The molecule has 0 radical (unpaired) electrons. The molecule has 1 aliphatic carbocycles. The summed E-state index contributed by atoms with van der Waals surface area (Å²) in [5.74, 6) is 0.956. The van der Waals surface area contributed by atoms with E-state index in [1.807, 2.05) is 30.0 Å². The summed E-state index contributed by atoms with van der Waals surface area (Å²) in [6, 6.07) is 5.54. The van der Waals surface area contributed by atoms with E-state index in [1.54, 1.807) is 6.20 Å². The summed E-state index contributed by atoms with van der Waals surface area (Å²) >= 11 is 0. The van der Waals surface area contributed by atoms with Gasteiger partial charge >= 0.3 is 0 Å². The molecule has 3 unspecified atom stereocenters. The highest BCUT2D eigenvalue weighted by Crippen LogP contribution is 2.49. The molecule has 2 fully saturated rings. The van der Waals surface area contributed by atoms with Crippen molar-refractivity contribution in [1.82, 2.24) is 25.1 Å². The number of nitrogens with zero attached hydrogens (tertiary/aromatic N) is 6. The molecule has 1 N–H and O–H groups in total. The summed E-state index contributed by atoms with van der Waals surface area (Å²) in [5, 5.41) is 11.0. The maximum Gasteiger partial charge on any atom is 0.247 e. The molecule has 3 heterocycles. The van der Waals surface area contributed by atoms with E-state index in [4.69, 9.17) is 0 Å². The van der Waals surface area contributed by atoms with Crippen LogP contribution < -0.4 is 10.2 Å². The number of halogens is 1. The van der Waals surface area contributed by atoms with Crippen LogP contribution in [0.2, 0.25) is 0 Å². The van der Waals surface area contributed by atoms with Crippen LogP contribution in [0.15, 0.2) is 43.1 Å². The molecule has 8 nitrogen and oxygen atoms in total. The third kappa shape index (κ3) is 3.28. The Bertz CT molecular complexity index is 1060. The van der Waals surface area contributed by atoms with Crippen LogP contribution in [0, 0.1) is 18.7 Å². The predicted octanol–water partition coefficient (Wildman–Crippen LogP) is 2.38. The van der Waals surface area contributed by atoms with Crippen LogP contribution in [-0.4, -0.2) is 43.1 Å². The number of hydrogen-bond acceptors (Lipinski definition) is 7. The Hall–Kier alpha value is -3.49. The van der Waals surface area contributed by atoms with Gasteiger partial charge in [-0.2, -0.15) is 0 Å². The van der Waals surface area contributed by atoms with Gasteiger partial charge in [0.2, 0.25) is 5.91 Å². The third-order valence-electron chi connectivity index (χ3n) is 5.51. The minimum absolute atomic E-state index is 0.0994. The first-order chi connectivity index (χ1) is 14.1. The summed E-state index contributed by atoms with van der Waals surface area (Å²) in [6.45, 7) is 1.92. The molecule has 3 atom stereocenters. The van der Waals surface area contributed by atoms with E-state index in [1.165, 1.54) is 6.33 Å². The van der Waals surface area contributed by atoms with Gasteiger partial charge in [-0.05, 0) is 43.4 Å². The number of anilines is 2. The molecule has 0 bridgehead atoms. The first-order valence-electron chi connectivity index (χ1n) is 9.40. The van der Waals surface area contributed by atoms with Gasteiger partial charge in [0.05, 0.1) is 18.6 Å². The number of nitrogens with one attached hydrogen (secondary N) is 1. The van der Waals surface area contributed by atoms with Crippen molar-refractivity contribution in [3.05, 3.63) is 54.5 Å². The highest BCUT2D eigenvalue weighted by molar-refractivity contribution is 5.98. The second-order valence-corrected chi connectivity index (χ2v) is 7.43. The Morgan fingerprint density at radius 3 is 2.79 bits per heavy atom. The maximum absolute atomic E-state index is 13.1. The number of benzene rings is 1. The molecule has 3 aromatic rings. The lowest BCUT2D eigenvalue weighted by Gasteiger charge is -2.27. The fraction of sp³-hybridized carbons (Fsp3) is 0.300. The van der Waals surface area contributed by atoms with Gasteiger partial charge in [0.15, 0.2) is 17.5 Å². The molecule has 2 aromatic heterocycles. The lowest BCUT2D eigenvalue weighted by atomic mass is 10.1. The zero-order valence-corrected chi connectivity index (χ0v) is 15.7. The largest absolute Gasteiger partial charge is 0.339 e. The summed E-state index contributed by atoms with van der Waals surface area (Å²) in [4.78, 5) is 27.2. The lowest BCUT2D eigenvalue weighted by Crippen LogP contribution is -2.42. The van der Waals surface area contributed by atoms with Crippen molar-refractivity contribution in [2.24, 2.45) is 5.92 Å². The molecule has 146 valence electrons. The van der Waals surface area contributed by atoms with Crippen molar-refractivity contribution >= 4 is 17.4 Å². The van der Waals surface area contributed by atoms with Gasteiger partial charge in [0, 0.05) is 17.3 Å². The topological polar surface area (TPSA) is 96.8 Å². The summed E-state index contributed by atoms with van der Waals surface area (Å²) in [7, 11) is 0. The van der Waals surface area contributed by atoms with Crippen molar-refractivity contribution in [2.75, 3.05) is 10.2 Å². The summed E-state index contributed by atoms with van der Waals surface area (Å²) in [5.41, 5.74) is 2.32. The monoisotopic (exact) mass is 391 g/mol. The zero-order chi connectivity index (χ0) is 20.0. The van der Waals surface area contributed by atoms with Gasteiger partial charge in [-0.25, -0.2) is 19.3 Å². The highest BCUT2D eigenvalue weighted by atomic mass is 19.1. The molecule has 1 aliphatic heterocycles. The second kappa shape index (κ2) is 6.84. The average molecular weight is 391 g/mol. The molecular weight excluding hydrogens is 373 g/mol. The number of amides is 1. The molecule has 1 amide bonds. The molecule has 0 spiro atoms. The van der Waals surface area contributed by atoms with Crippen molar-refractivity contribution < 1.29 is 9.18 Å². The molecule has 9 heteroatoms. The van der Waals surface area contributed by atoms with Crippen LogP contribution in [-0.2, 0) is 4.79 Å². The SMILES string of the molecule is Cc1ccc(NC(=O)C2CC3CC3N2c2cncnn2)cc1-c1ncc(F)cn1. The fourth-order valence-corrected chi connectivity index (χ4v) is 4.00. The number of piperidine rings is 1. The van der Waals surface area contributed by atoms with Crippen molar-refractivity contribution in [2.45, 2.75) is 31.8 Å². The number of rotatable bonds is 4. The van der Waals surface area contributed by atoms with E-state index in [0.717, 1.165) is 36.4 Å². The number of carbonyl (C=O) groups excluding carboxylic acids is 1. The minimum atomic E-state index is -0.491. The number of fused-ring (bicyclic) bond motifs is 1. The van der Waals surface area contributed by atoms with E-state index in [-0.39, 0.29) is 11.9 Å². The Labute approximate surface area is 166 Å². The summed E-state index contributed by atoms with van der Waals surface area (Å²) < 4.78 is 13.1. The smallest absolute Gasteiger partial charge is 0.247 e.